The zero-order chi connectivity index (χ0) is 12.9. The second kappa shape index (κ2) is 3.80. The zero-order valence-corrected chi connectivity index (χ0v) is 11.0. The van der Waals surface area contributed by atoms with Crippen molar-refractivity contribution in [1.29, 1.82) is 5.26 Å². The molecule has 19 heavy (non-hydrogen) atoms. The Kier molecular flexibility index (Phi) is 2.29. The first-order valence-corrected chi connectivity index (χ1v) is 7.26. The fourth-order valence-corrected chi connectivity index (χ4v) is 4.82. The van der Waals surface area contributed by atoms with Crippen LogP contribution in [0, 0.1) is 23.2 Å². The van der Waals surface area contributed by atoms with Gasteiger partial charge in [-0.05, 0) is 25.0 Å². The molecule has 3 nitrogen and oxygen atoms in total. The number of rotatable bonds is 2. The Bertz CT molecular complexity index is 524. The van der Waals surface area contributed by atoms with Crippen LogP contribution in [-0.4, -0.2) is 17.2 Å². The van der Waals surface area contributed by atoms with E-state index in [9.17, 15) is 5.26 Å². The van der Waals surface area contributed by atoms with Crippen LogP contribution in [0.25, 0.3) is 0 Å². The molecular formula is C16H18N2O. The van der Waals surface area contributed by atoms with Crippen molar-refractivity contribution >= 4 is 0 Å². The molecule has 2 aliphatic carbocycles. The van der Waals surface area contributed by atoms with Crippen molar-refractivity contribution in [3.63, 3.8) is 0 Å². The molecule has 1 spiro atoms. The molecule has 3 heteroatoms. The highest BCUT2D eigenvalue weighted by molar-refractivity contribution is 5.39. The highest BCUT2D eigenvalue weighted by Gasteiger charge is 2.77. The van der Waals surface area contributed by atoms with Gasteiger partial charge in [-0.3, -0.25) is 4.98 Å². The van der Waals surface area contributed by atoms with E-state index in [2.05, 4.69) is 17.1 Å². The normalized spacial score (nSPS) is 38.1. The number of hydrogen-bond acceptors (Lipinski definition) is 3. The fraction of sp³-hybridized carbons (Fsp3) is 0.625. The first-order valence-electron chi connectivity index (χ1n) is 7.26. The number of nitrogens with zero attached hydrogens (tertiary/aromatic N) is 2. The zero-order valence-electron chi connectivity index (χ0n) is 11.0. The Hall–Kier alpha value is -1.40. The largest absolute Gasteiger partial charge is 0.374 e. The molecule has 1 aromatic rings. The van der Waals surface area contributed by atoms with Crippen LogP contribution < -0.4 is 0 Å². The van der Waals surface area contributed by atoms with Crippen LogP contribution in [0.2, 0.25) is 0 Å². The molecule has 0 bridgehead atoms. The SMILES string of the molecule is N#CCC1(c2ccccn2)C2COC3(CCCC3)C21. The molecular weight excluding hydrogens is 236 g/mol. The van der Waals surface area contributed by atoms with Gasteiger partial charge in [0.1, 0.15) is 0 Å². The van der Waals surface area contributed by atoms with Crippen LogP contribution in [-0.2, 0) is 10.2 Å². The Morgan fingerprint density at radius 3 is 2.89 bits per heavy atom. The Labute approximate surface area is 113 Å². The molecule has 0 N–H and O–H groups in total. The monoisotopic (exact) mass is 254 g/mol. The van der Waals surface area contributed by atoms with Gasteiger partial charge in [0.2, 0.25) is 0 Å². The summed E-state index contributed by atoms with van der Waals surface area (Å²) in [7, 11) is 0. The van der Waals surface area contributed by atoms with Gasteiger partial charge in [-0.15, -0.1) is 0 Å². The summed E-state index contributed by atoms with van der Waals surface area (Å²) in [5, 5.41) is 9.27. The minimum Gasteiger partial charge on any atom is -0.374 e. The predicted molar refractivity (Wildman–Crippen MR) is 70.3 cm³/mol. The molecule has 0 radical (unpaired) electrons. The van der Waals surface area contributed by atoms with E-state index in [1.807, 2.05) is 18.3 Å². The van der Waals surface area contributed by atoms with E-state index in [0.717, 1.165) is 12.3 Å². The molecule has 1 saturated heterocycles. The van der Waals surface area contributed by atoms with Gasteiger partial charge in [-0.2, -0.15) is 5.26 Å². The van der Waals surface area contributed by atoms with Crippen molar-refractivity contribution in [2.45, 2.75) is 43.1 Å². The predicted octanol–water partition coefficient (Wildman–Crippen LogP) is 2.82. The molecule has 1 aromatic heterocycles. The number of ether oxygens (including phenoxy) is 1. The molecule has 3 aliphatic rings. The quantitative estimate of drug-likeness (QED) is 0.815. The lowest BCUT2D eigenvalue weighted by molar-refractivity contribution is -0.0330. The summed E-state index contributed by atoms with van der Waals surface area (Å²) in [6.07, 6.45) is 7.33. The maximum absolute atomic E-state index is 9.27. The summed E-state index contributed by atoms with van der Waals surface area (Å²) in [5.74, 6) is 1.04. The third-order valence-corrected chi connectivity index (χ3v) is 5.59. The lowest BCUT2D eigenvalue weighted by Crippen LogP contribution is -2.35. The summed E-state index contributed by atoms with van der Waals surface area (Å²) >= 11 is 0. The van der Waals surface area contributed by atoms with Crippen LogP contribution in [0.5, 0.6) is 0 Å². The Morgan fingerprint density at radius 2 is 2.21 bits per heavy atom. The molecule has 4 rings (SSSR count). The molecule has 0 aromatic carbocycles. The van der Waals surface area contributed by atoms with Gasteiger partial charge in [0.15, 0.2) is 0 Å². The summed E-state index contributed by atoms with van der Waals surface area (Å²) in [5.41, 5.74) is 1.17. The Morgan fingerprint density at radius 1 is 1.37 bits per heavy atom. The molecule has 2 heterocycles. The van der Waals surface area contributed by atoms with Gasteiger partial charge >= 0.3 is 0 Å². The second-order valence-electron chi connectivity index (χ2n) is 6.26. The first kappa shape index (κ1) is 11.4. The molecule has 0 amide bonds. The van der Waals surface area contributed by atoms with Crippen molar-refractivity contribution in [1.82, 2.24) is 4.98 Å². The molecule has 1 aliphatic heterocycles. The van der Waals surface area contributed by atoms with Gasteiger partial charge < -0.3 is 4.74 Å². The van der Waals surface area contributed by atoms with Crippen LogP contribution in [0.1, 0.15) is 37.8 Å². The molecule has 3 atom stereocenters. The molecule has 2 saturated carbocycles. The third-order valence-electron chi connectivity index (χ3n) is 5.59. The summed E-state index contributed by atoms with van der Waals surface area (Å²) < 4.78 is 6.15. The van der Waals surface area contributed by atoms with Gasteiger partial charge in [0.25, 0.3) is 0 Å². The highest BCUT2D eigenvalue weighted by atomic mass is 16.5. The van der Waals surface area contributed by atoms with Crippen LogP contribution in [0.15, 0.2) is 24.4 Å². The van der Waals surface area contributed by atoms with E-state index >= 15 is 0 Å². The van der Waals surface area contributed by atoms with E-state index in [4.69, 9.17) is 4.74 Å². The summed E-state index contributed by atoms with van der Waals surface area (Å²) in [6, 6.07) is 8.49. The van der Waals surface area contributed by atoms with Crippen molar-refractivity contribution in [3.05, 3.63) is 30.1 Å². The highest BCUT2D eigenvalue weighted by Crippen LogP contribution is 2.72. The van der Waals surface area contributed by atoms with Gasteiger partial charge in [0, 0.05) is 35.6 Å². The minimum absolute atomic E-state index is 0.0153. The Balaban J connectivity index is 1.75. The topological polar surface area (TPSA) is 45.9 Å². The van der Waals surface area contributed by atoms with Crippen molar-refractivity contribution in [2.24, 2.45) is 11.8 Å². The lowest BCUT2D eigenvalue weighted by atomic mass is 9.84. The van der Waals surface area contributed by atoms with E-state index in [1.54, 1.807) is 0 Å². The summed E-state index contributed by atoms with van der Waals surface area (Å²) in [4.78, 5) is 4.56. The summed E-state index contributed by atoms with van der Waals surface area (Å²) in [6.45, 7) is 0.822. The van der Waals surface area contributed by atoms with Crippen molar-refractivity contribution in [2.75, 3.05) is 6.61 Å². The van der Waals surface area contributed by atoms with Gasteiger partial charge in [-0.1, -0.05) is 18.9 Å². The van der Waals surface area contributed by atoms with Crippen LogP contribution >= 0.6 is 0 Å². The molecule has 98 valence electrons. The maximum atomic E-state index is 9.27. The van der Waals surface area contributed by atoms with Crippen LogP contribution in [0.4, 0.5) is 0 Å². The van der Waals surface area contributed by atoms with E-state index in [0.29, 0.717) is 18.3 Å². The van der Waals surface area contributed by atoms with Crippen LogP contribution in [0.3, 0.4) is 0 Å². The second-order valence-corrected chi connectivity index (χ2v) is 6.26. The smallest absolute Gasteiger partial charge is 0.0724 e. The van der Waals surface area contributed by atoms with E-state index in [1.165, 1.54) is 25.7 Å². The number of hydrogen-bond donors (Lipinski definition) is 0. The van der Waals surface area contributed by atoms with Gasteiger partial charge in [-0.25, -0.2) is 0 Å². The van der Waals surface area contributed by atoms with Gasteiger partial charge in [0.05, 0.1) is 18.3 Å². The number of aromatic nitrogens is 1. The minimum atomic E-state index is -0.0153. The lowest BCUT2D eigenvalue weighted by Gasteiger charge is -2.31. The maximum Gasteiger partial charge on any atom is 0.0724 e. The average Bonchev–Trinajstić information content (AvgIpc) is 2.80. The van der Waals surface area contributed by atoms with Crippen molar-refractivity contribution in [3.8, 4) is 6.07 Å². The number of fused-ring (bicyclic) bond motifs is 2. The molecule has 3 fully saturated rings. The fourth-order valence-electron chi connectivity index (χ4n) is 4.82. The standard InChI is InChI=1S/C16H18N2O/c17-9-8-16(13-5-1-4-10-18-13)12-11-19-15(14(12)16)6-2-3-7-15/h1,4-5,10,12,14H,2-3,6-8,11H2. The average molecular weight is 254 g/mol. The van der Waals surface area contributed by atoms with Crippen molar-refractivity contribution < 1.29 is 4.74 Å². The van der Waals surface area contributed by atoms with E-state index in [-0.39, 0.29) is 11.0 Å². The number of pyridine rings is 1. The third kappa shape index (κ3) is 1.33. The van der Waals surface area contributed by atoms with E-state index < -0.39 is 0 Å². The first-order chi connectivity index (χ1) is 9.33. The number of nitriles is 1. The molecule has 3 unspecified atom stereocenters.